The van der Waals surface area contributed by atoms with Crippen molar-refractivity contribution in [1.29, 1.82) is 0 Å². The van der Waals surface area contributed by atoms with Crippen LogP contribution < -0.4 is 15.5 Å². The summed E-state index contributed by atoms with van der Waals surface area (Å²) in [6.07, 6.45) is 3.96. The Morgan fingerprint density at radius 1 is 1.00 bits per heavy atom. The van der Waals surface area contributed by atoms with Crippen LogP contribution in [-0.4, -0.2) is 13.1 Å². The molecule has 0 radical (unpaired) electrons. The van der Waals surface area contributed by atoms with Crippen LogP contribution >= 0.6 is 7.44 Å². The van der Waals surface area contributed by atoms with Gasteiger partial charge in [-0.1, -0.05) is 30.4 Å². The fraction of sp³-hybridized carbons (Fsp3) is 0.200. The van der Waals surface area contributed by atoms with E-state index >= 15 is 0 Å². The van der Waals surface area contributed by atoms with Crippen molar-refractivity contribution in [3.05, 3.63) is 42.5 Å². The minimum absolute atomic E-state index is 0.652. The van der Waals surface area contributed by atoms with Crippen molar-refractivity contribution in [2.45, 2.75) is 0 Å². The van der Waals surface area contributed by atoms with Crippen LogP contribution in [0.15, 0.2) is 42.5 Å². The minimum atomic E-state index is -2.57. The third kappa shape index (κ3) is 1.95. The van der Waals surface area contributed by atoms with Gasteiger partial charge in [-0.15, -0.1) is 0 Å². The van der Waals surface area contributed by atoms with Crippen molar-refractivity contribution < 1.29 is 4.57 Å². The van der Waals surface area contributed by atoms with Crippen molar-refractivity contribution in [2.24, 2.45) is 0 Å². The van der Waals surface area contributed by atoms with Crippen LogP contribution in [0.5, 0.6) is 0 Å². The molecule has 0 saturated heterocycles. The zero-order chi connectivity index (χ0) is 9.86. The lowest BCUT2D eigenvalue weighted by Gasteiger charge is -2.17. The van der Waals surface area contributed by atoms with Crippen molar-refractivity contribution >= 4 is 12.7 Å². The molecule has 14 heavy (non-hydrogen) atoms. The topological polar surface area (TPSA) is 41.1 Å². The molecule has 1 aliphatic rings. The second-order valence-corrected chi connectivity index (χ2v) is 5.51. The van der Waals surface area contributed by atoms with E-state index in [1.807, 2.05) is 42.5 Å². The number of hydrogen-bond donors (Lipinski definition) is 2. The second kappa shape index (κ2) is 4.09. The SMILES string of the molecule is O=P1(c2ccccc2)NCC=CCN1. The van der Waals surface area contributed by atoms with Gasteiger partial charge in [0.25, 0.3) is 0 Å². The van der Waals surface area contributed by atoms with E-state index in [9.17, 15) is 4.57 Å². The van der Waals surface area contributed by atoms with Gasteiger partial charge < -0.3 is 0 Å². The molecule has 2 N–H and O–H groups in total. The van der Waals surface area contributed by atoms with Crippen LogP contribution in [0.2, 0.25) is 0 Å². The van der Waals surface area contributed by atoms with Crippen molar-refractivity contribution in [3.63, 3.8) is 0 Å². The zero-order valence-electron chi connectivity index (χ0n) is 7.81. The molecule has 0 amide bonds. The Bertz CT molecular complexity index is 361. The third-order valence-corrected chi connectivity index (χ3v) is 4.43. The molecule has 2 rings (SSSR count). The number of benzene rings is 1. The average molecular weight is 208 g/mol. The summed E-state index contributed by atoms with van der Waals surface area (Å²) in [6, 6.07) is 9.48. The van der Waals surface area contributed by atoms with Crippen LogP contribution in [0.1, 0.15) is 0 Å². The first-order valence-electron chi connectivity index (χ1n) is 4.62. The van der Waals surface area contributed by atoms with E-state index in [1.165, 1.54) is 0 Å². The second-order valence-electron chi connectivity index (χ2n) is 3.14. The number of nitrogens with one attached hydrogen (secondary N) is 2. The molecule has 1 aromatic carbocycles. The molecule has 0 bridgehead atoms. The highest BCUT2D eigenvalue weighted by Gasteiger charge is 2.22. The largest absolute Gasteiger partial charge is 0.284 e. The van der Waals surface area contributed by atoms with Crippen LogP contribution in [0.3, 0.4) is 0 Å². The van der Waals surface area contributed by atoms with E-state index in [4.69, 9.17) is 0 Å². The van der Waals surface area contributed by atoms with E-state index in [-0.39, 0.29) is 0 Å². The monoisotopic (exact) mass is 208 g/mol. The molecule has 74 valence electrons. The van der Waals surface area contributed by atoms with Gasteiger partial charge in [0.1, 0.15) is 0 Å². The average Bonchev–Trinajstić information content (AvgIpc) is 2.46. The van der Waals surface area contributed by atoms with Crippen molar-refractivity contribution in [2.75, 3.05) is 13.1 Å². The van der Waals surface area contributed by atoms with E-state index in [0.29, 0.717) is 13.1 Å². The maximum absolute atomic E-state index is 12.4. The first-order valence-corrected chi connectivity index (χ1v) is 6.33. The zero-order valence-corrected chi connectivity index (χ0v) is 8.71. The molecule has 1 heterocycles. The van der Waals surface area contributed by atoms with Gasteiger partial charge in [-0.25, -0.2) is 10.2 Å². The van der Waals surface area contributed by atoms with Gasteiger partial charge >= 0.3 is 0 Å². The first-order chi connectivity index (χ1) is 6.81. The summed E-state index contributed by atoms with van der Waals surface area (Å²) in [5.41, 5.74) is 0. The van der Waals surface area contributed by atoms with Crippen LogP contribution in [0.25, 0.3) is 0 Å². The Morgan fingerprint density at radius 3 is 2.14 bits per heavy atom. The van der Waals surface area contributed by atoms with Crippen molar-refractivity contribution in [1.82, 2.24) is 10.2 Å². The summed E-state index contributed by atoms with van der Waals surface area (Å²) in [7, 11) is -2.57. The predicted molar refractivity (Wildman–Crippen MR) is 58.8 cm³/mol. The molecule has 1 aromatic rings. The highest BCUT2D eigenvalue weighted by molar-refractivity contribution is 7.67. The summed E-state index contributed by atoms with van der Waals surface area (Å²) in [5.74, 6) is 0. The fourth-order valence-electron chi connectivity index (χ4n) is 1.41. The first kappa shape index (κ1) is 9.66. The lowest BCUT2D eigenvalue weighted by atomic mass is 10.4. The Morgan fingerprint density at radius 2 is 1.57 bits per heavy atom. The molecule has 0 atom stereocenters. The third-order valence-electron chi connectivity index (χ3n) is 2.15. The Hall–Kier alpha value is -0.890. The molecule has 4 heteroatoms. The van der Waals surface area contributed by atoms with Gasteiger partial charge in [0.15, 0.2) is 0 Å². The predicted octanol–water partition coefficient (Wildman–Crippen LogP) is 1.25. The smallest absolute Gasteiger partial charge is 0.241 e. The van der Waals surface area contributed by atoms with E-state index < -0.39 is 7.44 Å². The maximum atomic E-state index is 12.4. The summed E-state index contributed by atoms with van der Waals surface area (Å²) in [5, 5.41) is 6.90. The Balaban J connectivity index is 2.28. The van der Waals surface area contributed by atoms with Crippen LogP contribution in [0, 0.1) is 0 Å². The van der Waals surface area contributed by atoms with Gasteiger partial charge in [-0.3, -0.25) is 4.57 Å². The molecule has 0 unspecified atom stereocenters. The summed E-state index contributed by atoms with van der Waals surface area (Å²) in [6.45, 7) is 1.30. The van der Waals surface area contributed by atoms with Gasteiger partial charge in [0.2, 0.25) is 7.44 Å². The normalized spacial score (nSPS) is 20.3. The molecule has 0 aromatic heterocycles. The highest BCUT2D eigenvalue weighted by Crippen LogP contribution is 2.34. The lowest BCUT2D eigenvalue weighted by molar-refractivity contribution is 0.567. The van der Waals surface area contributed by atoms with Gasteiger partial charge in [-0.2, -0.15) is 0 Å². The Kier molecular flexibility index (Phi) is 2.82. The van der Waals surface area contributed by atoms with Gasteiger partial charge in [-0.05, 0) is 12.1 Å². The molecule has 0 aliphatic carbocycles. The number of rotatable bonds is 1. The van der Waals surface area contributed by atoms with E-state index in [2.05, 4.69) is 10.2 Å². The number of hydrogen-bond acceptors (Lipinski definition) is 1. The molecule has 0 saturated carbocycles. The quantitative estimate of drug-likeness (QED) is 0.539. The standard InChI is InChI=1S/C10H13N2OP/c13-14(10-6-2-1-3-7-10)11-8-4-5-9-12-14/h1-7H,8-9H2,(H2,11,12,13). The minimum Gasteiger partial charge on any atom is -0.284 e. The van der Waals surface area contributed by atoms with Gasteiger partial charge in [0.05, 0.1) is 0 Å². The molecule has 1 aliphatic heterocycles. The van der Waals surface area contributed by atoms with E-state index in [0.717, 1.165) is 5.30 Å². The Labute approximate surface area is 83.7 Å². The van der Waals surface area contributed by atoms with E-state index in [1.54, 1.807) is 0 Å². The van der Waals surface area contributed by atoms with Crippen LogP contribution in [0.4, 0.5) is 0 Å². The molecular weight excluding hydrogens is 195 g/mol. The van der Waals surface area contributed by atoms with Crippen LogP contribution in [-0.2, 0) is 4.57 Å². The molecular formula is C10H13N2OP. The highest BCUT2D eigenvalue weighted by atomic mass is 31.2. The molecule has 0 fully saturated rings. The summed E-state index contributed by atoms with van der Waals surface area (Å²) >= 11 is 0. The maximum Gasteiger partial charge on any atom is 0.241 e. The van der Waals surface area contributed by atoms with Crippen molar-refractivity contribution in [3.8, 4) is 0 Å². The fourth-order valence-corrected chi connectivity index (χ4v) is 3.20. The lowest BCUT2D eigenvalue weighted by Crippen LogP contribution is -2.28. The molecule has 0 spiro atoms. The molecule has 3 nitrogen and oxygen atoms in total. The summed E-state index contributed by atoms with van der Waals surface area (Å²) in [4.78, 5) is 0. The summed E-state index contributed by atoms with van der Waals surface area (Å²) < 4.78 is 12.4. The van der Waals surface area contributed by atoms with Gasteiger partial charge in [0, 0.05) is 18.4 Å².